The smallest absolute Gasteiger partial charge is 0.137 e. The standard InChI is InChI=1S/C11H16ClN3/c1-4-6-7-13-11-8(3)10(12)14-9(5-2)15-11/h4H,1,5-7H2,2-3H3,(H,13,14,15). The van der Waals surface area contributed by atoms with E-state index in [1.807, 2.05) is 19.9 Å². The molecule has 1 N–H and O–H groups in total. The van der Waals surface area contributed by atoms with Gasteiger partial charge >= 0.3 is 0 Å². The van der Waals surface area contributed by atoms with E-state index < -0.39 is 0 Å². The van der Waals surface area contributed by atoms with Gasteiger partial charge in [0.25, 0.3) is 0 Å². The van der Waals surface area contributed by atoms with E-state index in [4.69, 9.17) is 11.6 Å². The highest BCUT2D eigenvalue weighted by Gasteiger charge is 2.07. The van der Waals surface area contributed by atoms with Crippen molar-refractivity contribution in [2.75, 3.05) is 11.9 Å². The zero-order valence-electron chi connectivity index (χ0n) is 9.18. The lowest BCUT2D eigenvalue weighted by molar-refractivity contribution is 0.920. The van der Waals surface area contributed by atoms with Crippen molar-refractivity contribution in [1.29, 1.82) is 0 Å². The van der Waals surface area contributed by atoms with E-state index in [1.54, 1.807) is 0 Å². The van der Waals surface area contributed by atoms with Crippen molar-refractivity contribution in [3.63, 3.8) is 0 Å². The Kier molecular flexibility index (Phi) is 4.56. The number of nitrogens with one attached hydrogen (secondary N) is 1. The number of rotatable bonds is 5. The molecule has 0 unspecified atom stereocenters. The molecule has 0 aliphatic heterocycles. The van der Waals surface area contributed by atoms with Crippen LogP contribution < -0.4 is 5.32 Å². The number of halogens is 1. The molecular weight excluding hydrogens is 210 g/mol. The van der Waals surface area contributed by atoms with Gasteiger partial charge in [0, 0.05) is 18.5 Å². The summed E-state index contributed by atoms with van der Waals surface area (Å²) in [6.45, 7) is 8.41. The average Bonchev–Trinajstić information content (AvgIpc) is 2.24. The molecule has 0 saturated carbocycles. The summed E-state index contributed by atoms with van der Waals surface area (Å²) in [5, 5.41) is 3.75. The van der Waals surface area contributed by atoms with Crippen LogP contribution >= 0.6 is 11.6 Å². The van der Waals surface area contributed by atoms with Crippen LogP contribution in [0.25, 0.3) is 0 Å². The Balaban J connectivity index is 2.84. The fourth-order valence-electron chi connectivity index (χ4n) is 1.16. The Hall–Kier alpha value is -1.09. The van der Waals surface area contributed by atoms with E-state index in [-0.39, 0.29) is 0 Å². The van der Waals surface area contributed by atoms with Crippen molar-refractivity contribution in [2.45, 2.75) is 26.7 Å². The molecule has 0 spiro atoms. The van der Waals surface area contributed by atoms with Gasteiger partial charge in [0.2, 0.25) is 0 Å². The highest BCUT2D eigenvalue weighted by molar-refractivity contribution is 6.30. The lowest BCUT2D eigenvalue weighted by atomic mass is 10.3. The molecule has 1 heterocycles. The van der Waals surface area contributed by atoms with Gasteiger partial charge < -0.3 is 5.32 Å². The van der Waals surface area contributed by atoms with Gasteiger partial charge in [-0.1, -0.05) is 24.6 Å². The average molecular weight is 226 g/mol. The highest BCUT2D eigenvalue weighted by atomic mass is 35.5. The Labute approximate surface area is 95.6 Å². The van der Waals surface area contributed by atoms with Gasteiger partial charge in [0.05, 0.1) is 0 Å². The molecule has 15 heavy (non-hydrogen) atoms. The molecule has 0 aliphatic carbocycles. The lowest BCUT2D eigenvalue weighted by Gasteiger charge is -2.09. The SMILES string of the molecule is C=CCCNc1nc(CC)nc(Cl)c1C. The largest absolute Gasteiger partial charge is 0.369 e. The van der Waals surface area contributed by atoms with Gasteiger partial charge in [-0.25, -0.2) is 9.97 Å². The van der Waals surface area contributed by atoms with Gasteiger partial charge in [0.1, 0.15) is 16.8 Å². The Morgan fingerprint density at radius 3 is 2.80 bits per heavy atom. The van der Waals surface area contributed by atoms with Crippen molar-refractivity contribution in [3.8, 4) is 0 Å². The molecule has 0 atom stereocenters. The first-order valence-corrected chi connectivity index (χ1v) is 5.44. The van der Waals surface area contributed by atoms with E-state index in [9.17, 15) is 0 Å². The first-order chi connectivity index (χ1) is 7.19. The summed E-state index contributed by atoms with van der Waals surface area (Å²) in [5.41, 5.74) is 0.901. The van der Waals surface area contributed by atoms with Crippen LogP contribution in [0.3, 0.4) is 0 Å². The minimum absolute atomic E-state index is 0.531. The third kappa shape index (κ3) is 3.20. The molecule has 0 fully saturated rings. The number of anilines is 1. The molecule has 0 bridgehead atoms. The zero-order valence-corrected chi connectivity index (χ0v) is 9.93. The van der Waals surface area contributed by atoms with Crippen LogP contribution in [0.15, 0.2) is 12.7 Å². The zero-order chi connectivity index (χ0) is 11.3. The maximum atomic E-state index is 6.00. The monoisotopic (exact) mass is 225 g/mol. The van der Waals surface area contributed by atoms with Crippen molar-refractivity contribution >= 4 is 17.4 Å². The van der Waals surface area contributed by atoms with E-state index in [0.29, 0.717) is 5.15 Å². The Bertz CT molecular complexity index is 350. The Morgan fingerprint density at radius 1 is 1.47 bits per heavy atom. The maximum Gasteiger partial charge on any atom is 0.137 e. The van der Waals surface area contributed by atoms with Crippen LogP contribution in [0.2, 0.25) is 5.15 Å². The summed E-state index contributed by atoms with van der Waals surface area (Å²) in [7, 11) is 0. The second-order valence-electron chi connectivity index (χ2n) is 3.26. The summed E-state index contributed by atoms with van der Waals surface area (Å²) >= 11 is 6.00. The van der Waals surface area contributed by atoms with E-state index in [2.05, 4.69) is 21.9 Å². The third-order valence-corrected chi connectivity index (χ3v) is 2.46. The summed E-state index contributed by atoms with van der Waals surface area (Å²) in [4.78, 5) is 8.56. The number of nitrogens with zero attached hydrogens (tertiary/aromatic N) is 2. The molecule has 82 valence electrons. The van der Waals surface area contributed by atoms with Crippen molar-refractivity contribution < 1.29 is 0 Å². The van der Waals surface area contributed by atoms with Crippen LogP contribution in [0, 0.1) is 6.92 Å². The second kappa shape index (κ2) is 5.71. The molecule has 0 aromatic carbocycles. The highest BCUT2D eigenvalue weighted by Crippen LogP contribution is 2.19. The maximum absolute atomic E-state index is 6.00. The van der Waals surface area contributed by atoms with E-state index >= 15 is 0 Å². The fourth-order valence-corrected chi connectivity index (χ4v) is 1.34. The normalized spacial score (nSPS) is 10.1. The minimum Gasteiger partial charge on any atom is -0.369 e. The molecule has 1 aromatic heterocycles. The van der Waals surface area contributed by atoms with Crippen molar-refractivity contribution in [3.05, 3.63) is 29.2 Å². The third-order valence-electron chi connectivity index (χ3n) is 2.09. The molecule has 3 nitrogen and oxygen atoms in total. The summed E-state index contributed by atoms with van der Waals surface area (Å²) in [6, 6.07) is 0. The number of hydrogen-bond acceptors (Lipinski definition) is 3. The fraction of sp³-hybridized carbons (Fsp3) is 0.455. The second-order valence-corrected chi connectivity index (χ2v) is 3.62. The molecule has 0 radical (unpaired) electrons. The van der Waals surface area contributed by atoms with Crippen LogP contribution in [-0.4, -0.2) is 16.5 Å². The summed E-state index contributed by atoms with van der Waals surface area (Å²) in [6.07, 6.45) is 3.56. The van der Waals surface area contributed by atoms with Gasteiger partial charge in [-0.3, -0.25) is 0 Å². The topological polar surface area (TPSA) is 37.8 Å². The first-order valence-electron chi connectivity index (χ1n) is 5.06. The number of aromatic nitrogens is 2. The minimum atomic E-state index is 0.531. The van der Waals surface area contributed by atoms with Gasteiger partial charge in [-0.15, -0.1) is 6.58 Å². The van der Waals surface area contributed by atoms with Crippen molar-refractivity contribution in [2.24, 2.45) is 0 Å². The molecule has 4 heteroatoms. The predicted octanol–water partition coefficient (Wildman–Crippen LogP) is 2.99. The van der Waals surface area contributed by atoms with E-state index in [1.165, 1.54) is 0 Å². The van der Waals surface area contributed by atoms with Gasteiger partial charge in [0.15, 0.2) is 0 Å². The van der Waals surface area contributed by atoms with Crippen LogP contribution in [-0.2, 0) is 6.42 Å². The Morgan fingerprint density at radius 2 is 2.20 bits per heavy atom. The number of aryl methyl sites for hydroxylation is 1. The molecular formula is C11H16ClN3. The molecule has 0 amide bonds. The van der Waals surface area contributed by atoms with Gasteiger partial charge in [-0.2, -0.15) is 0 Å². The quantitative estimate of drug-likeness (QED) is 0.476. The molecule has 0 aliphatic rings. The molecule has 0 saturated heterocycles. The number of hydrogen-bond donors (Lipinski definition) is 1. The van der Waals surface area contributed by atoms with Crippen LogP contribution in [0.5, 0.6) is 0 Å². The molecule has 1 rings (SSSR count). The van der Waals surface area contributed by atoms with Crippen molar-refractivity contribution in [1.82, 2.24) is 9.97 Å². The van der Waals surface area contributed by atoms with Crippen LogP contribution in [0.4, 0.5) is 5.82 Å². The summed E-state index contributed by atoms with van der Waals surface area (Å²) < 4.78 is 0. The first kappa shape index (κ1) is 12.0. The molecule has 1 aromatic rings. The lowest BCUT2D eigenvalue weighted by Crippen LogP contribution is -2.07. The van der Waals surface area contributed by atoms with Gasteiger partial charge in [-0.05, 0) is 13.3 Å². The van der Waals surface area contributed by atoms with Crippen LogP contribution in [0.1, 0.15) is 24.7 Å². The van der Waals surface area contributed by atoms with E-state index in [0.717, 1.165) is 36.6 Å². The predicted molar refractivity (Wildman–Crippen MR) is 64.5 cm³/mol. The summed E-state index contributed by atoms with van der Waals surface area (Å²) in [5.74, 6) is 1.60.